The van der Waals surface area contributed by atoms with Gasteiger partial charge in [0, 0.05) is 6.04 Å². The fraction of sp³-hybridized carbons (Fsp3) is 0.600. The van der Waals surface area contributed by atoms with Crippen molar-refractivity contribution in [3.05, 3.63) is 11.7 Å². The van der Waals surface area contributed by atoms with Crippen LogP contribution in [0.25, 0.3) is 0 Å². The Hall–Kier alpha value is -0.210. The minimum Gasteiger partial charge on any atom is -0.394 e. The predicted molar refractivity (Wildman–Crippen MR) is 34.7 cm³/mol. The quantitative estimate of drug-likeness (QED) is 0.558. The molecular weight excluding hydrogens is 126 g/mol. The van der Waals surface area contributed by atoms with Gasteiger partial charge in [-0.25, -0.2) is 0 Å². The van der Waals surface area contributed by atoms with Crippen LogP contribution in [0.4, 0.5) is 0 Å². The molecule has 0 spiro atoms. The lowest BCUT2D eigenvalue weighted by Gasteiger charge is -2.08. The molecule has 0 aliphatic heterocycles. The predicted octanol–water partition coefficient (Wildman–Crippen LogP) is 0.667. The molecule has 2 N–H and O–H groups in total. The Morgan fingerprint density at radius 2 is 2.50 bits per heavy atom. The zero-order valence-corrected chi connectivity index (χ0v) is 5.57. The molecule has 0 bridgehead atoms. The molecule has 0 aromatic carbocycles. The SMILES string of the molecule is C=C(Cl)NC(C)CO. The van der Waals surface area contributed by atoms with Crippen LogP contribution in [-0.2, 0) is 0 Å². The monoisotopic (exact) mass is 135 g/mol. The first-order valence-corrected chi connectivity index (χ1v) is 2.76. The van der Waals surface area contributed by atoms with E-state index in [9.17, 15) is 0 Å². The Balaban J connectivity index is 3.24. The summed E-state index contributed by atoms with van der Waals surface area (Å²) in [7, 11) is 0. The molecule has 0 radical (unpaired) electrons. The van der Waals surface area contributed by atoms with Crippen molar-refractivity contribution in [1.82, 2.24) is 5.32 Å². The number of rotatable bonds is 3. The minimum atomic E-state index is -0.000000000000000222. The van der Waals surface area contributed by atoms with E-state index in [1.807, 2.05) is 6.92 Å². The molecule has 0 aliphatic carbocycles. The van der Waals surface area contributed by atoms with Crippen LogP contribution in [0.2, 0.25) is 0 Å². The Bertz CT molecular complexity index is 84.5. The zero-order valence-electron chi connectivity index (χ0n) is 4.82. The molecule has 2 nitrogen and oxygen atoms in total. The number of hydrogen-bond donors (Lipinski definition) is 2. The first kappa shape index (κ1) is 7.79. The highest BCUT2D eigenvalue weighted by atomic mass is 35.5. The second kappa shape index (κ2) is 3.75. The lowest BCUT2D eigenvalue weighted by Crippen LogP contribution is -2.26. The van der Waals surface area contributed by atoms with Gasteiger partial charge in [0.2, 0.25) is 0 Å². The molecule has 3 heteroatoms. The molecule has 0 aromatic heterocycles. The average molecular weight is 136 g/mol. The normalized spacial score (nSPS) is 12.9. The molecule has 0 saturated heterocycles. The lowest BCUT2D eigenvalue weighted by atomic mass is 10.4. The van der Waals surface area contributed by atoms with Gasteiger partial charge >= 0.3 is 0 Å². The minimum absolute atomic E-state index is 0.000000000000000222. The van der Waals surface area contributed by atoms with Crippen molar-refractivity contribution in [3.63, 3.8) is 0 Å². The summed E-state index contributed by atoms with van der Waals surface area (Å²) in [6, 6.07) is -0.000000000000000222. The van der Waals surface area contributed by atoms with Gasteiger partial charge in [-0.3, -0.25) is 0 Å². The van der Waals surface area contributed by atoms with Gasteiger partial charge in [-0.05, 0) is 6.92 Å². The molecule has 0 aliphatic rings. The van der Waals surface area contributed by atoms with Crippen molar-refractivity contribution < 1.29 is 5.11 Å². The zero-order chi connectivity index (χ0) is 6.57. The average Bonchev–Trinajstić information content (AvgIpc) is 1.65. The molecule has 1 atom stereocenters. The topological polar surface area (TPSA) is 32.3 Å². The van der Waals surface area contributed by atoms with Gasteiger partial charge in [0.05, 0.1) is 11.8 Å². The standard InChI is InChI=1S/C5H10ClNO/c1-4(3-8)7-5(2)6/h4,7-8H,2-3H2,1H3. The van der Waals surface area contributed by atoms with Gasteiger partial charge in [0.1, 0.15) is 0 Å². The third kappa shape index (κ3) is 3.96. The van der Waals surface area contributed by atoms with Gasteiger partial charge in [0.15, 0.2) is 0 Å². The van der Waals surface area contributed by atoms with Crippen LogP contribution < -0.4 is 5.32 Å². The van der Waals surface area contributed by atoms with Crippen LogP contribution >= 0.6 is 11.6 Å². The summed E-state index contributed by atoms with van der Waals surface area (Å²) in [6.45, 7) is 5.27. The second-order valence-electron chi connectivity index (χ2n) is 1.63. The molecule has 0 aromatic rings. The number of halogens is 1. The molecule has 0 amide bonds. The molecule has 48 valence electrons. The van der Waals surface area contributed by atoms with Crippen molar-refractivity contribution in [2.45, 2.75) is 13.0 Å². The molecule has 1 unspecified atom stereocenters. The summed E-state index contributed by atoms with van der Waals surface area (Å²) in [5.41, 5.74) is 0. The van der Waals surface area contributed by atoms with Crippen LogP contribution in [-0.4, -0.2) is 17.8 Å². The molecular formula is C5H10ClNO. The van der Waals surface area contributed by atoms with Crippen LogP contribution in [0.5, 0.6) is 0 Å². The smallest absolute Gasteiger partial charge is 0.0947 e. The van der Waals surface area contributed by atoms with E-state index in [4.69, 9.17) is 16.7 Å². The van der Waals surface area contributed by atoms with E-state index >= 15 is 0 Å². The van der Waals surface area contributed by atoms with Crippen molar-refractivity contribution >= 4 is 11.6 Å². The molecule has 0 fully saturated rings. The van der Waals surface area contributed by atoms with Crippen molar-refractivity contribution in [2.75, 3.05) is 6.61 Å². The number of aliphatic hydroxyl groups is 1. The summed E-state index contributed by atoms with van der Waals surface area (Å²) in [4.78, 5) is 0. The molecule has 8 heavy (non-hydrogen) atoms. The van der Waals surface area contributed by atoms with E-state index in [0.29, 0.717) is 5.16 Å². The second-order valence-corrected chi connectivity index (χ2v) is 2.09. The van der Waals surface area contributed by atoms with E-state index in [-0.39, 0.29) is 12.6 Å². The van der Waals surface area contributed by atoms with Gasteiger partial charge in [-0.15, -0.1) is 0 Å². The maximum Gasteiger partial charge on any atom is 0.0947 e. The number of aliphatic hydroxyl groups excluding tert-OH is 1. The van der Waals surface area contributed by atoms with Crippen molar-refractivity contribution in [3.8, 4) is 0 Å². The van der Waals surface area contributed by atoms with E-state index in [0.717, 1.165) is 0 Å². The Morgan fingerprint density at radius 3 is 2.62 bits per heavy atom. The van der Waals surface area contributed by atoms with Crippen molar-refractivity contribution in [2.24, 2.45) is 0 Å². The third-order valence-corrected chi connectivity index (χ3v) is 0.786. The maximum atomic E-state index is 8.42. The first-order chi connectivity index (χ1) is 3.66. The molecule has 0 saturated carbocycles. The summed E-state index contributed by atoms with van der Waals surface area (Å²) in [5.74, 6) is 0. The highest BCUT2D eigenvalue weighted by Gasteiger charge is 1.95. The first-order valence-electron chi connectivity index (χ1n) is 2.38. The highest BCUT2D eigenvalue weighted by Crippen LogP contribution is 1.91. The van der Waals surface area contributed by atoms with Gasteiger partial charge in [0.25, 0.3) is 0 Å². The Morgan fingerprint density at radius 1 is 2.00 bits per heavy atom. The van der Waals surface area contributed by atoms with Crippen LogP contribution in [0, 0.1) is 0 Å². The summed E-state index contributed by atoms with van der Waals surface area (Å²) in [6.07, 6.45) is 0. The van der Waals surface area contributed by atoms with Crippen LogP contribution in [0.3, 0.4) is 0 Å². The maximum absolute atomic E-state index is 8.42. The summed E-state index contributed by atoms with van der Waals surface area (Å²) < 4.78 is 0. The largest absolute Gasteiger partial charge is 0.394 e. The lowest BCUT2D eigenvalue weighted by molar-refractivity contribution is 0.260. The summed E-state index contributed by atoms with van der Waals surface area (Å²) >= 11 is 5.33. The van der Waals surface area contributed by atoms with E-state index in [1.54, 1.807) is 0 Å². The van der Waals surface area contributed by atoms with Crippen LogP contribution in [0.1, 0.15) is 6.92 Å². The van der Waals surface area contributed by atoms with E-state index < -0.39 is 0 Å². The highest BCUT2D eigenvalue weighted by molar-refractivity contribution is 6.28. The Kier molecular flexibility index (Phi) is 3.65. The fourth-order valence-corrected chi connectivity index (χ4v) is 0.499. The fourth-order valence-electron chi connectivity index (χ4n) is 0.313. The summed E-state index contributed by atoms with van der Waals surface area (Å²) in [5, 5.41) is 11.5. The van der Waals surface area contributed by atoms with Gasteiger partial charge in [-0.1, -0.05) is 18.2 Å². The third-order valence-electron chi connectivity index (χ3n) is 0.677. The van der Waals surface area contributed by atoms with E-state index in [2.05, 4.69) is 11.9 Å². The Labute approximate surface area is 54.2 Å². The molecule has 0 heterocycles. The number of hydrogen-bond acceptors (Lipinski definition) is 2. The van der Waals surface area contributed by atoms with E-state index in [1.165, 1.54) is 0 Å². The number of nitrogens with one attached hydrogen (secondary N) is 1. The molecule has 0 rings (SSSR count). The van der Waals surface area contributed by atoms with Gasteiger partial charge < -0.3 is 10.4 Å². The van der Waals surface area contributed by atoms with Crippen molar-refractivity contribution in [1.29, 1.82) is 0 Å². The van der Waals surface area contributed by atoms with Gasteiger partial charge in [-0.2, -0.15) is 0 Å². The van der Waals surface area contributed by atoms with Crippen LogP contribution in [0.15, 0.2) is 11.7 Å².